The van der Waals surface area contributed by atoms with Crippen LogP contribution in [0.5, 0.6) is 5.75 Å². The summed E-state index contributed by atoms with van der Waals surface area (Å²) in [5, 5.41) is 16.5. The molecule has 0 unspecified atom stereocenters. The maximum atomic E-state index is 12.8. The number of carboxylic acids is 1. The normalized spacial score (nSPS) is 19.2. The van der Waals surface area contributed by atoms with Crippen LogP contribution < -0.4 is 10.1 Å². The SMILES string of the molecule is COCCOc1cn(-c2ccccc2)nc1C(=O)NC1CCC(C(=O)O)CC1. The Morgan fingerprint density at radius 3 is 2.54 bits per heavy atom. The monoisotopic (exact) mass is 387 g/mol. The molecule has 8 heteroatoms. The van der Waals surface area contributed by atoms with Crippen LogP contribution in [0.1, 0.15) is 36.2 Å². The summed E-state index contributed by atoms with van der Waals surface area (Å²) in [5.74, 6) is -1.02. The topological polar surface area (TPSA) is 103 Å². The van der Waals surface area contributed by atoms with Gasteiger partial charge in [-0.1, -0.05) is 18.2 Å². The molecule has 1 aliphatic rings. The van der Waals surface area contributed by atoms with Gasteiger partial charge >= 0.3 is 5.97 Å². The number of rotatable bonds is 8. The molecular weight excluding hydrogens is 362 g/mol. The fourth-order valence-corrected chi connectivity index (χ4v) is 3.31. The summed E-state index contributed by atoms with van der Waals surface area (Å²) in [7, 11) is 1.58. The second-order valence-corrected chi connectivity index (χ2v) is 6.82. The molecule has 8 nitrogen and oxygen atoms in total. The van der Waals surface area contributed by atoms with E-state index in [9.17, 15) is 9.59 Å². The average Bonchev–Trinajstić information content (AvgIpc) is 3.14. The zero-order valence-corrected chi connectivity index (χ0v) is 15.8. The lowest BCUT2D eigenvalue weighted by Crippen LogP contribution is -2.39. The van der Waals surface area contributed by atoms with E-state index in [0.717, 1.165) is 5.69 Å². The Kier molecular flexibility index (Phi) is 6.65. The molecule has 2 N–H and O–H groups in total. The highest BCUT2D eigenvalue weighted by atomic mass is 16.5. The van der Waals surface area contributed by atoms with Gasteiger partial charge in [-0.2, -0.15) is 5.10 Å². The van der Waals surface area contributed by atoms with Crippen LogP contribution in [0.15, 0.2) is 36.5 Å². The summed E-state index contributed by atoms with van der Waals surface area (Å²) in [6, 6.07) is 9.41. The third-order valence-corrected chi connectivity index (χ3v) is 4.87. The Morgan fingerprint density at radius 1 is 1.18 bits per heavy atom. The van der Waals surface area contributed by atoms with E-state index in [1.54, 1.807) is 18.0 Å². The highest BCUT2D eigenvalue weighted by molar-refractivity contribution is 5.95. The van der Waals surface area contributed by atoms with Gasteiger partial charge < -0.3 is 19.9 Å². The van der Waals surface area contributed by atoms with Gasteiger partial charge in [0.2, 0.25) is 0 Å². The Morgan fingerprint density at radius 2 is 1.89 bits per heavy atom. The predicted octanol–water partition coefficient (Wildman–Crippen LogP) is 2.27. The van der Waals surface area contributed by atoms with Crippen molar-refractivity contribution in [2.45, 2.75) is 31.7 Å². The number of hydrogen-bond acceptors (Lipinski definition) is 5. The molecule has 1 aliphatic carbocycles. The minimum Gasteiger partial charge on any atom is -0.487 e. The molecule has 1 aromatic heterocycles. The van der Waals surface area contributed by atoms with Crippen LogP contribution in [0, 0.1) is 5.92 Å². The van der Waals surface area contributed by atoms with E-state index in [2.05, 4.69) is 10.4 Å². The third kappa shape index (κ3) is 4.89. The van der Waals surface area contributed by atoms with Crippen molar-refractivity contribution in [3.63, 3.8) is 0 Å². The number of aromatic nitrogens is 2. The number of nitrogens with one attached hydrogen (secondary N) is 1. The van der Waals surface area contributed by atoms with Gasteiger partial charge in [0.1, 0.15) is 6.61 Å². The molecule has 150 valence electrons. The molecule has 2 aromatic rings. The number of carboxylic acid groups (broad SMARTS) is 1. The van der Waals surface area contributed by atoms with E-state index in [-0.39, 0.29) is 23.6 Å². The minimum absolute atomic E-state index is 0.0585. The first kappa shape index (κ1) is 19.9. The van der Waals surface area contributed by atoms with E-state index in [4.69, 9.17) is 14.6 Å². The van der Waals surface area contributed by atoms with Gasteiger partial charge in [-0.25, -0.2) is 4.68 Å². The Balaban J connectivity index is 1.72. The summed E-state index contributed by atoms with van der Waals surface area (Å²) < 4.78 is 12.3. The highest BCUT2D eigenvalue weighted by Crippen LogP contribution is 2.26. The van der Waals surface area contributed by atoms with Gasteiger partial charge in [0.25, 0.3) is 5.91 Å². The molecule has 1 heterocycles. The van der Waals surface area contributed by atoms with Crippen LogP contribution in [-0.2, 0) is 9.53 Å². The van der Waals surface area contributed by atoms with Crippen molar-refractivity contribution in [1.29, 1.82) is 0 Å². The molecule has 28 heavy (non-hydrogen) atoms. The number of aliphatic carboxylic acids is 1. The minimum atomic E-state index is -0.764. The molecular formula is C20H25N3O5. The van der Waals surface area contributed by atoms with Gasteiger partial charge in [-0.05, 0) is 37.8 Å². The van der Waals surface area contributed by atoms with Crippen molar-refractivity contribution in [3.05, 3.63) is 42.2 Å². The second-order valence-electron chi connectivity index (χ2n) is 6.82. The number of para-hydroxylation sites is 1. The van der Waals surface area contributed by atoms with E-state index >= 15 is 0 Å². The molecule has 1 fully saturated rings. The molecule has 0 spiro atoms. The maximum absolute atomic E-state index is 12.8. The number of ether oxygens (including phenoxy) is 2. The summed E-state index contributed by atoms with van der Waals surface area (Å²) in [5.41, 5.74) is 1.03. The zero-order valence-electron chi connectivity index (χ0n) is 15.8. The molecule has 3 rings (SSSR count). The fourth-order valence-electron chi connectivity index (χ4n) is 3.31. The largest absolute Gasteiger partial charge is 0.487 e. The average molecular weight is 387 g/mol. The van der Waals surface area contributed by atoms with E-state index < -0.39 is 5.97 Å². The Bertz CT molecular complexity index is 797. The quantitative estimate of drug-likeness (QED) is 0.674. The number of carbonyl (C=O) groups excluding carboxylic acids is 1. The number of nitrogens with zero attached hydrogens (tertiary/aromatic N) is 2. The standard InChI is InChI=1S/C20H25N3O5/c1-27-11-12-28-17-13-23(16-5-3-2-4-6-16)22-18(17)19(24)21-15-9-7-14(8-10-15)20(25)26/h2-6,13-15H,7-12H2,1H3,(H,21,24)(H,25,26). The van der Waals surface area contributed by atoms with Gasteiger partial charge in [0, 0.05) is 13.2 Å². The number of amides is 1. The van der Waals surface area contributed by atoms with Crippen LogP contribution in [-0.4, -0.2) is 53.1 Å². The summed E-state index contributed by atoms with van der Waals surface area (Å²) in [6.45, 7) is 0.706. The summed E-state index contributed by atoms with van der Waals surface area (Å²) in [6.07, 6.45) is 4.09. The maximum Gasteiger partial charge on any atom is 0.306 e. The zero-order chi connectivity index (χ0) is 19.9. The third-order valence-electron chi connectivity index (χ3n) is 4.87. The Labute approximate surface area is 163 Å². The van der Waals surface area contributed by atoms with Crippen molar-refractivity contribution in [2.24, 2.45) is 5.92 Å². The summed E-state index contributed by atoms with van der Waals surface area (Å²) in [4.78, 5) is 23.9. The highest BCUT2D eigenvalue weighted by Gasteiger charge is 2.28. The van der Waals surface area contributed by atoms with Gasteiger partial charge in [0.15, 0.2) is 11.4 Å². The lowest BCUT2D eigenvalue weighted by molar-refractivity contribution is -0.142. The molecule has 0 saturated heterocycles. The van der Waals surface area contributed by atoms with Gasteiger partial charge in [0.05, 0.1) is 24.4 Å². The van der Waals surface area contributed by atoms with E-state index in [1.807, 2.05) is 30.3 Å². The lowest BCUT2D eigenvalue weighted by Gasteiger charge is -2.26. The van der Waals surface area contributed by atoms with Crippen LogP contribution in [0.2, 0.25) is 0 Å². The van der Waals surface area contributed by atoms with Crippen molar-refractivity contribution in [3.8, 4) is 11.4 Å². The number of benzene rings is 1. The van der Waals surface area contributed by atoms with E-state index in [1.165, 1.54) is 0 Å². The fraction of sp³-hybridized carbons (Fsp3) is 0.450. The second kappa shape index (κ2) is 9.36. The summed E-state index contributed by atoms with van der Waals surface area (Å²) >= 11 is 0. The van der Waals surface area contributed by atoms with Crippen molar-refractivity contribution in [2.75, 3.05) is 20.3 Å². The lowest BCUT2D eigenvalue weighted by atomic mass is 9.86. The van der Waals surface area contributed by atoms with Crippen LogP contribution >= 0.6 is 0 Å². The number of methoxy groups -OCH3 is 1. The first-order valence-corrected chi connectivity index (χ1v) is 9.39. The first-order valence-electron chi connectivity index (χ1n) is 9.39. The number of carbonyl (C=O) groups is 2. The molecule has 1 saturated carbocycles. The molecule has 0 aliphatic heterocycles. The van der Waals surface area contributed by atoms with Crippen LogP contribution in [0.25, 0.3) is 5.69 Å². The Hall–Kier alpha value is -2.87. The molecule has 1 amide bonds. The number of hydrogen-bond donors (Lipinski definition) is 2. The molecule has 0 bridgehead atoms. The van der Waals surface area contributed by atoms with Gasteiger partial charge in [-0.3, -0.25) is 9.59 Å². The van der Waals surface area contributed by atoms with Crippen molar-refractivity contribution < 1.29 is 24.2 Å². The molecule has 1 aromatic carbocycles. The van der Waals surface area contributed by atoms with E-state index in [0.29, 0.717) is 44.6 Å². The smallest absolute Gasteiger partial charge is 0.306 e. The van der Waals surface area contributed by atoms with Crippen LogP contribution in [0.3, 0.4) is 0 Å². The van der Waals surface area contributed by atoms with Crippen LogP contribution in [0.4, 0.5) is 0 Å². The molecule has 0 atom stereocenters. The van der Waals surface area contributed by atoms with Crippen molar-refractivity contribution >= 4 is 11.9 Å². The first-order chi connectivity index (χ1) is 13.6. The predicted molar refractivity (Wildman–Crippen MR) is 102 cm³/mol. The van der Waals surface area contributed by atoms with Crippen molar-refractivity contribution in [1.82, 2.24) is 15.1 Å². The van der Waals surface area contributed by atoms with Gasteiger partial charge in [-0.15, -0.1) is 0 Å². The molecule has 0 radical (unpaired) electrons.